The summed E-state index contributed by atoms with van der Waals surface area (Å²) in [6.07, 6.45) is 2.71. The van der Waals surface area contributed by atoms with Gasteiger partial charge in [0.15, 0.2) is 11.6 Å². The summed E-state index contributed by atoms with van der Waals surface area (Å²) in [5.74, 6) is -0.00282. The Kier molecular flexibility index (Phi) is 5.76. The molecule has 0 unspecified atom stereocenters. The van der Waals surface area contributed by atoms with Crippen molar-refractivity contribution in [3.63, 3.8) is 0 Å². The van der Waals surface area contributed by atoms with E-state index in [4.69, 9.17) is 25.8 Å². The highest BCUT2D eigenvalue weighted by Crippen LogP contribution is 2.38. The van der Waals surface area contributed by atoms with E-state index in [1.807, 2.05) is 19.1 Å². The largest absolute Gasteiger partial charge is 0.483 e. The molecule has 7 nitrogen and oxygen atoms in total. The van der Waals surface area contributed by atoms with Crippen molar-refractivity contribution in [2.75, 3.05) is 7.11 Å². The van der Waals surface area contributed by atoms with Crippen molar-refractivity contribution in [1.82, 2.24) is 15.0 Å². The lowest BCUT2D eigenvalue weighted by Gasteiger charge is -2.20. The van der Waals surface area contributed by atoms with Gasteiger partial charge in [0.25, 0.3) is 0 Å². The highest BCUT2D eigenvalue weighted by atomic mass is 35.5. The summed E-state index contributed by atoms with van der Waals surface area (Å²) in [6, 6.07) is 6.91. The number of hydrogen-bond acceptors (Lipinski definition) is 8. The van der Waals surface area contributed by atoms with Crippen LogP contribution in [0.2, 0.25) is 0 Å². The van der Waals surface area contributed by atoms with Gasteiger partial charge in [0.1, 0.15) is 17.2 Å². The average molecular weight is 488 g/mol. The predicted octanol–water partition coefficient (Wildman–Crippen LogP) is 6.04. The van der Waals surface area contributed by atoms with E-state index in [1.165, 1.54) is 17.4 Å². The number of halogens is 2. The Balaban J connectivity index is 1.52. The first-order chi connectivity index (χ1) is 15.9. The van der Waals surface area contributed by atoms with Crippen LogP contribution in [0.3, 0.4) is 0 Å². The van der Waals surface area contributed by atoms with Gasteiger partial charge in [-0.15, -0.1) is 11.3 Å². The minimum atomic E-state index is -0.885. The molecule has 0 radical (unpaired) electrons. The maximum atomic E-state index is 14.8. The van der Waals surface area contributed by atoms with E-state index in [0.717, 1.165) is 22.2 Å². The lowest BCUT2D eigenvalue weighted by Crippen LogP contribution is -2.29. The van der Waals surface area contributed by atoms with Crippen LogP contribution in [0.4, 0.5) is 9.18 Å². The molecule has 4 aromatic rings. The molecule has 1 saturated carbocycles. The van der Waals surface area contributed by atoms with Gasteiger partial charge in [-0.05, 0) is 43.9 Å². The average Bonchev–Trinajstić information content (AvgIpc) is 3.38. The van der Waals surface area contributed by atoms with E-state index < -0.39 is 23.5 Å². The van der Waals surface area contributed by atoms with Crippen LogP contribution < -0.4 is 9.47 Å². The number of carbonyl (C=O) groups is 1. The second-order valence-corrected chi connectivity index (χ2v) is 9.18. The van der Waals surface area contributed by atoms with Gasteiger partial charge in [-0.25, -0.2) is 24.1 Å². The number of rotatable bonds is 5. The second-order valence-electron chi connectivity index (χ2n) is 7.84. The number of benzene rings is 2. The van der Waals surface area contributed by atoms with Crippen molar-refractivity contribution in [3.8, 4) is 22.2 Å². The van der Waals surface area contributed by atoms with Crippen LogP contribution >= 0.6 is 22.9 Å². The van der Waals surface area contributed by atoms with E-state index in [9.17, 15) is 9.18 Å². The lowest BCUT2D eigenvalue weighted by atomic mass is 10.1. The number of ether oxygens (including phenoxy) is 3. The third kappa shape index (κ3) is 4.30. The molecule has 0 aliphatic heterocycles. The Bertz CT molecular complexity index is 1380. The molecule has 1 aliphatic carbocycles. The zero-order valence-corrected chi connectivity index (χ0v) is 19.4. The predicted molar refractivity (Wildman–Crippen MR) is 124 cm³/mol. The van der Waals surface area contributed by atoms with Gasteiger partial charge in [0, 0.05) is 29.3 Å². The number of methoxy groups -OCH3 is 1. The fourth-order valence-electron chi connectivity index (χ4n) is 4.09. The molecule has 5 rings (SSSR count). The molecule has 1 fully saturated rings. The first-order valence-electron chi connectivity index (χ1n) is 10.4. The Morgan fingerprint density at radius 3 is 2.76 bits per heavy atom. The maximum Gasteiger partial charge on any atom is 0.404 e. The molecule has 1 aliphatic rings. The SMILES string of the molecule is COc1cnc2c(-c3nc4cc(F)c(O[C@H]5CCC[C@H]5OC(=O)Cl)cc4s3)cc(C)cc2n1. The second kappa shape index (κ2) is 8.72. The quantitative estimate of drug-likeness (QED) is 0.317. The molecule has 0 amide bonds. The van der Waals surface area contributed by atoms with Crippen molar-refractivity contribution in [1.29, 1.82) is 0 Å². The number of fused-ring (bicyclic) bond motifs is 2. The van der Waals surface area contributed by atoms with E-state index in [0.29, 0.717) is 40.3 Å². The Hall–Kier alpha value is -3.04. The molecule has 10 heteroatoms. The summed E-state index contributed by atoms with van der Waals surface area (Å²) in [6.45, 7) is 1.97. The lowest BCUT2D eigenvalue weighted by molar-refractivity contribution is 0.0456. The molecular formula is C23H19ClFN3O4S. The minimum absolute atomic E-state index is 0.0962. The van der Waals surface area contributed by atoms with E-state index in [1.54, 1.807) is 19.4 Å². The van der Waals surface area contributed by atoms with Gasteiger partial charge >= 0.3 is 5.43 Å². The van der Waals surface area contributed by atoms with Crippen LogP contribution in [0.5, 0.6) is 11.6 Å². The summed E-state index contributed by atoms with van der Waals surface area (Å²) < 4.78 is 31.8. The number of nitrogens with zero attached hydrogens (tertiary/aromatic N) is 3. The van der Waals surface area contributed by atoms with Gasteiger partial charge < -0.3 is 14.2 Å². The molecule has 2 atom stereocenters. The highest BCUT2D eigenvalue weighted by molar-refractivity contribution is 7.21. The van der Waals surface area contributed by atoms with Crippen LogP contribution in [0.1, 0.15) is 24.8 Å². The Morgan fingerprint density at radius 2 is 1.97 bits per heavy atom. The summed E-state index contributed by atoms with van der Waals surface area (Å²) in [7, 11) is 1.54. The molecule has 0 saturated heterocycles. The van der Waals surface area contributed by atoms with Gasteiger partial charge in [0.05, 0.1) is 34.6 Å². The fraction of sp³-hybridized carbons (Fsp3) is 0.304. The molecule has 2 aromatic carbocycles. The number of aryl methyl sites for hydroxylation is 1. The Labute approximate surface area is 197 Å². The molecular weight excluding hydrogens is 469 g/mol. The van der Waals surface area contributed by atoms with Gasteiger partial charge in [-0.2, -0.15) is 0 Å². The topological polar surface area (TPSA) is 83.4 Å². The standard InChI is InChI=1S/C23H19ClFN3O4S/c1-11-6-12(21-15(7-11)27-20(30-2)10-26-21)22-28-14-8-13(25)18(9-19(14)33-22)31-16-4-3-5-17(16)32-23(24)29/h6-10,16-17H,3-5H2,1-2H3/t16-,17+/m0/s1. The number of carbonyl (C=O) groups excluding carboxylic acids is 1. The van der Waals surface area contributed by atoms with E-state index in [2.05, 4.69) is 15.0 Å². The van der Waals surface area contributed by atoms with Gasteiger partial charge in [-0.3, -0.25) is 0 Å². The first-order valence-corrected chi connectivity index (χ1v) is 11.6. The van der Waals surface area contributed by atoms with Crippen molar-refractivity contribution >= 4 is 49.6 Å². The smallest absolute Gasteiger partial charge is 0.404 e. The number of aromatic nitrogens is 3. The van der Waals surface area contributed by atoms with Crippen molar-refractivity contribution < 1.29 is 23.4 Å². The summed E-state index contributed by atoms with van der Waals surface area (Å²) in [4.78, 5) is 24.7. The third-order valence-electron chi connectivity index (χ3n) is 5.56. The van der Waals surface area contributed by atoms with Gasteiger partial charge in [-0.1, -0.05) is 0 Å². The Morgan fingerprint density at radius 1 is 1.15 bits per heavy atom. The highest BCUT2D eigenvalue weighted by Gasteiger charge is 2.33. The van der Waals surface area contributed by atoms with Crippen molar-refractivity contribution in [3.05, 3.63) is 41.8 Å². The number of thiazole rings is 1. The van der Waals surface area contributed by atoms with E-state index >= 15 is 0 Å². The monoisotopic (exact) mass is 487 g/mol. The van der Waals surface area contributed by atoms with Crippen LogP contribution in [0.15, 0.2) is 30.5 Å². The normalized spacial score (nSPS) is 18.1. The molecule has 2 heterocycles. The summed E-state index contributed by atoms with van der Waals surface area (Å²) in [5, 5.41) is 0.699. The van der Waals surface area contributed by atoms with Crippen LogP contribution in [0, 0.1) is 12.7 Å². The van der Waals surface area contributed by atoms with Crippen molar-refractivity contribution in [2.45, 2.75) is 38.4 Å². The van der Waals surface area contributed by atoms with Crippen LogP contribution in [-0.2, 0) is 4.74 Å². The van der Waals surface area contributed by atoms with Gasteiger partial charge in [0.2, 0.25) is 5.88 Å². The molecule has 33 heavy (non-hydrogen) atoms. The zero-order chi connectivity index (χ0) is 23.1. The minimum Gasteiger partial charge on any atom is -0.483 e. The van der Waals surface area contributed by atoms with Crippen LogP contribution in [-0.4, -0.2) is 39.7 Å². The molecule has 0 bridgehead atoms. The molecule has 0 N–H and O–H groups in total. The molecule has 0 spiro atoms. The van der Waals surface area contributed by atoms with Crippen LogP contribution in [0.25, 0.3) is 31.8 Å². The summed E-state index contributed by atoms with van der Waals surface area (Å²) >= 11 is 6.76. The first kappa shape index (κ1) is 21.8. The third-order valence-corrected chi connectivity index (χ3v) is 6.71. The van der Waals surface area contributed by atoms with E-state index in [-0.39, 0.29) is 5.75 Å². The zero-order valence-electron chi connectivity index (χ0n) is 17.8. The maximum absolute atomic E-state index is 14.8. The molecule has 2 aromatic heterocycles. The fourth-order valence-corrected chi connectivity index (χ4v) is 5.20. The molecule has 170 valence electrons. The van der Waals surface area contributed by atoms with Crippen molar-refractivity contribution in [2.24, 2.45) is 0 Å². The number of hydrogen-bond donors (Lipinski definition) is 0. The summed E-state index contributed by atoms with van der Waals surface area (Å²) in [5.41, 5.74) is 2.83.